The molecule has 1 aromatic rings. The van der Waals surface area contributed by atoms with Crippen molar-refractivity contribution in [1.82, 2.24) is 20.0 Å². The predicted octanol–water partition coefficient (Wildman–Crippen LogP) is 0.467. The Balaban J connectivity index is 1.95. The van der Waals surface area contributed by atoms with E-state index < -0.39 is 0 Å². The standard InChI is InChI=1S/C12H23N5OS/c1-4-13-12-15-14-11(19-12)8-17-7-10(18)5-9(17)6-16(2)3/h9-10,18H,4-8H2,1-3H3,(H,13,15). The molecular weight excluding hydrogens is 262 g/mol. The monoisotopic (exact) mass is 285 g/mol. The molecule has 0 amide bonds. The lowest BCUT2D eigenvalue weighted by Crippen LogP contribution is -2.37. The summed E-state index contributed by atoms with van der Waals surface area (Å²) in [6, 6.07) is 0.400. The Hall–Kier alpha value is -0.760. The van der Waals surface area contributed by atoms with Crippen LogP contribution >= 0.6 is 11.3 Å². The van der Waals surface area contributed by atoms with Gasteiger partial charge in [-0.3, -0.25) is 4.90 Å². The first-order chi connectivity index (χ1) is 9.08. The number of likely N-dealkylation sites (tertiary alicyclic amines) is 1. The molecule has 1 aromatic heterocycles. The van der Waals surface area contributed by atoms with E-state index in [4.69, 9.17) is 0 Å². The second-order valence-electron chi connectivity index (χ2n) is 5.27. The first kappa shape index (κ1) is 14.6. The number of hydrogen-bond donors (Lipinski definition) is 2. The Morgan fingerprint density at radius 3 is 2.95 bits per heavy atom. The van der Waals surface area contributed by atoms with Crippen LogP contribution in [0.15, 0.2) is 0 Å². The molecule has 1 aliphatic heterocycles. The average molecular weight is 285 g/mol. The summed E-state index contributed by atoms with van der Waals surface area (Å²) in [6.45, 7) is 5.38. The van der Waals surface area contributed by atoms with Crippen molar-refractivity contribution in [3.8, 4) is 0 Å². The maximum absolute atomic E-state index is 9.85. The minimum Gasteiger partial charge on any atom is -0.392 e. The topological polar surface area (TPSA) is 64.5 Å². The van der Waals surface area contributed by atoms with Crippen molar-refractivity contribution in [2.45, 2.75) is 32.0 Å². The maximum atomic E-state index is 9.85. The van der Waals surface area contributed by atoms with Gasteiger partial charge in [-0.2, -0.15) is 0 Å². The zero-order valence-electron chi connectivity index (χ0n) is 11.8. The first-order valence-corrected chi connectivity index (χ1v) is 7.53. The van der Waals surface area contributed by atoms with E-state index in [0.717, 1.165) is 42.7 Å². The molecule has 2 atom stereocenters. The van der Waals surface area contributed by atoms with Gasteiger partial charge in [-0.25, -0.2) is 0 Å². The lowest BCUT2D eigenvalue weighted by atomic mass is 10.2. The van der Waals surface area contributed by atoms with Gasteiger partial charge in [0, 0.05) is 25.7 Å². The van der Waals surface area contributed by atoms with Gasteiger partial charge in [-0.05, 0) is 27.4 Å². The van der Waals surface area contributed by atoms with E-state index in [2.05, 4.69) is 39.4 Å². The molecule has 0 aliphatic carbocycles. The second kappa shape index (κ2) is 6.60. The van der Waals surface area contributed by atoms with Crippen molar-refractivity contribution in [3.63, 3.8) is 0 Å². The van der Waals surface area contributed by atoms with Gasteiger partial charge in [-0.1, -0.05) is 11.3 Å². The molecule has 1 aliphatic rings. The van der Waals surface area contributed by atoms with Crippen LogP contribution in [0.1, 0.15) is 18.4 Å². The average Bonchev–Trinajstić information content (AvgIpc) is 2.87. The molecular formula is C12H23N5OS. The van der Waals surface area contributed by atoms with Crippen molar-refractivity contribution >= 4 is 16.5 Å². The Bertz CT molecular complexity index is 397. The van der Waals surface area contributed by atoms with Crippen molar-refractivity contribution in [3.05, 3.63) is 5.01 Å². The molecule has 1 saturated heterocycles. The van der Waals surface area contributed by atoms with Gasteiger partial charge in [0.25, 0.3) is 0 Å². The summed E-state index contributed by atoms with van der Waals surface area (Å²) in [5, 5.41) is 23.2. The largest absolute Gasteiger partial charge is 0.392 e. The van der Waals surface area contributed by atoms with E-state index >= 15 is 0 Å². The summed E-state index contributed by atoms with van der Waals surface area (Å²) < 4.78 is 0. The molecule has 6 nitrogen and oxygen atoms in total. The van der Waals surface area contributed by atoms with E-state index in [1.165, 1.54) is 0 Å². The smallest absolute Gasteiger partial charge is 0.205 e. The van der Waals surface area contributed by atoms with E-state index in [-0.39, 0.29) is 6.10 Å². The molecule has 0 spiro atoms. The molecule has 2 N–H and O–H groups in total. The molecule has 2 rings (SSSR count). The van der Waals surface area contributed by atoms with Gasteiger partial charge in [0.2, 0.25) is 5.13 Å². The van der Waals surface area contributed by atoms with Crippen LogP contribution in [0, 0.1) is 0 Å². The third-order valence-corrected chi connectivity index (χ3v) is 4.08. The van der Waals surface area contributed by atoms with Crippen molar-refractivity contribution < 1.29 is 5.11 Å². The van der Waals surface area contributed by atoms with Crippen LogP contribution < -0.4 is 5.32 Å². The quantitative estimate of drug-likeness (QED) is 0.792. The summed E-state index contributed by atoms with van der Waals surface area (Å²) in [4.78, 5) is 4.47. The molecule has 0 bridgehead atoms. The molecule has 0 aromatic carbocycles. The molecule has 19 heavy (non-hydrogen) atoms. The van der Waals surface area contributed by atoms with Gasteiger partial charge in [-0.15, -0.1) is 10.2 Å². The van der Waals surface area contributed by atoms with Crippen LogP contribution in [0.25, 0.3) is 0 Å². The van der Waals surface area contributed by atoms with Gasteiger partial charge in [0.15, 0.2) is 0 Å². The van der Waals surface area contributed by atoms with Crippen LogP contribution in [0.5, 0.6) is 0 Å². The zero-order chi connectivity index (χ0) is 13.8. The maximum Gasteiger partial charge on any atom is 0.205 e. The van der Waals surface area contributed by atoms with Crippen LogP contribution in [-0.2, 0) is 6.54 Å². The Morgan fingerprint density at radius 1 is 1.47 bits per heavy atom. The van der Waals surface area contributed by atoms with Gasteiger partial charge in [0.05, 0.1) is 12.6 Å². The number of hydrogen-bond acceptors (Lipinski definition) is 7. The number of aromatic nitrogens is 2. The van der Waals surface area contributed by atoms with E-state index in [1.807, 2.05) is 6.92 Å². The van der Waals surface area contributed by atoms with E-state index in [1.54, 1.807) is 11.3 Å². The lowest BCUT2D eigenvalue weighted by molar-refractivity contribution is 0.169. The second-order valence-corrected chi connectivity index (χ2v) is 6.33. The Morgan fingerprint density at radius 2 is 2.26 bits per heavy atom. The molecule has 0 saturated carbocycles. The van der Waals surface area contributed by atoms with Crippen LogP contribution in [-0.4, -0.2) is 71.0 Å². The number of rotatable bonds is 6. The van der Waals surface area contributed by atoms with Crippen molar-refractivity contribution in [1.29, 1.82) is 0 Å². The number of likely N-dealkylation sites (N-methyl/N-ethyl adjacent to an activating group) is 1. The predicted molar refractivity (Wildman–Crippen MR) is 77.4 cm³/mol. The van der Waals surface area contributed by atoms with E-state index in [9.17, 15) is 5.11 Å². The third kappa shape index (κ3) is 4.10. The highest BCUT2D eigenvalue weighted by molar-refractivity contribution is 7.15. The fraction of sp³-hybridized carbons (Fsp3) is 0.833. The minimum absolute atomic E-state index is 0.217. The van der Waals surface area contributed by atoms with Crippen LogP contribution in [0.4, 0.5) is 5.13 Å². The summed E-state index contributed by atoms with van der Waals surface area (Å²) in [5.41, 5.74) is 0. The first-order valence-electron chi connectivity index (χ1n) is 6.71. The number of aliphatic hydroxyl groups is 1. The third-order valence-electron chi connectivity index (χ3n) is 3.21. The SMILES string of the molecule is CCNc1nnc(CN2CC(O)CC2CN(C)C)s1. The molecule has 2 heterocycles. The fourth-order valence-corrected chi connectivity index (χ4v) is 3.31. The molecule has 1 fully saturated rings. The number of nitrogens with one attached hydrogen (secondary N) is 1. The highest BCUT2D eigenvalue weighted by atomic mass is 32.1. The highest BCUT2D eigenvalue weighted by Crippen LogP contribution is 2.23. The fourth-order valence-electron chi connectivity index (χ4n) is 2.48. The highest BCUT2D eigenvalue weighted by Gasteiger charge is 2.31. The van der Waals surface area contributed by atoms with Gasteiger partial charge < -0.3 is 15.3 Å². The number of β-amino-alcohol motifs (C(OH)–C–C–N with tert-alkyl or cyclic N) is 1. The summed E-state index contributed by atoms with van der Waals surface area (Å²) in [7, 11) is 4.13. The van der Waals surface area contributed by atoms with Crippen LogP contribution in [0.2, 0.25) is 0 Å². The Labute approximate surface area is 118 Å². The van der Waals surface area contributed by atoms with E-state index in [0.29, 0.717) is 6.04 Å². The summed E-state index contributed by atoms with van der Waals surface area (Å²) in [6.07, 6.45) is 0.628. The zero-order valence-corrected chi connectivity index (χ0v) is 12.7. The summed E-state index contributed by atoms with van der Waals surface area (Å²) >= 11 is 1.60. The normalized spacial score (nSPS) is 24.3. The molecule has 108 valence electrons. The molecule has 7 heteroatoms. The van der Waals surface area contributed by atoms with Crippen molar-refractivity contribution in [2.75, 3.05) is 39.0 Å². The number of nitrogens with zero attached hydrogens (tertiary/aromatic N) is 4. The lowest BCUT2D eigenvalue weighted by Gasteiger charge is -2.25. The minimum atomic E-state index is -0.217. The summed E-state index contributed by atoms with van der Waals surface area (Å²) in [5.74, 6) is 0. The van der Waals surface area contributed by atoms with Crippen molar-refractivity contribution in [2.24, 2.45) is 0 Å². The van der Waals surface area contributed by atoms with Gasteiger partial charge >= 0.3 is 0 Å². The number of anilines is 1. The molecule has 2 unspecified atom stereocenters. The van der Waals surface area contributed by atoms with Crippen LogP contribution in [0.3, 0.4) is 0 Å². The Kier molecular flexibility index (Phi) is 5.09. The molecule has 0 radical (unpaired) electrons. The van der Waals surface area contributed by atoms with Gasteiger partial charge in [0.1, 0.15) is 5.01 Å². The number of aliphatic hydroxyl groups excluding tert-OH is 1.